The lowest BCUT2D eigenvalue weighted by Gasteiger charge is -2.08. The number of fused-ring (bicyclic) bond motifs is 1. The number of aromatic nitrogens is 4. The Balaban J connectivity index is 2.07. The van der Waals surface area contributed by atoms with Gasteiger partial charge in [0.1, 0.15) is 23.4 Å². The molecule has 0 fully saturated rings. The summed E-state index contributed by atoms with van der Waals surface area (Å²) in [6.07, 6.45) is 2.04. The van der Waals surface area contributed by atoms with Gasteiger partial charge in [0, 0.05) is 5.56 Å². The number of rotatable bonds is 4. The van der Waals surface area contributed by atoms with E-state index in [0.29, 0.717) is 16.9 Å². The molecule has 21 heavy (non-hydrogen) atoms. The third-order valence-electron chi connectivity index (χ3n) is 3.14. The normalized spacial score (nSPS) is 12.7. The number of hydrogen-bond acceptors (Lipinski definition) is 5. The van der Waals surface area contributed by atoms with Crippen LogP contribution in [0.3, 0.4) is 0 Å². The molecule has 0 saturated carbocycles. The molecule has 1 atom stereocenters. The van der Waals surface area contributed by atoms with Crippen LogP contribution in [0.4, 0.5) is 4.39 Å². The maximum Gasteiger partial charge on any atom is 0.163 e. The number of nitrogens with zero attached hydrogens (tertiary/aromatic N) is 4. The van der Waals surface area contributed by atoms with E-state index in [0.717, 1.165) is 5.56 Å². The molecule has 0 aliphatic rings. The van der Waals surface area contributed by atoms with Gasteiger partial charge in [-0.25, -0.2) is 19.3 Å². The minimum atomic E-state index is -0.883. The first kappa shape index (κ1) is 13.6. The van der Waals surface area contributed by atoms with Crippen LogP contribution in [0, 0.1) is 5.82 Å². The Morgan fingerprint density at radius 2 is 1.90 bits per heavy atom. The van der Waals surface area contributed by atoms with Crippen molar-refractivity contribution in [2.75, 3.05) is 6.61 Å². The lowest BCUT2D eigenvalue weighted by Crippen LogP contribution is -2.19. The van der Waals surface area contributed by atoms with Gasteiger partial charge in [0.15, 0.2) is 5.65 Å². The van der Waals surface area contributed by atoms with Crippen LogP contribution in [0.15, 0.2) is 36.9 Å². The van der Waals surface area contributed by atoms with Crippen LogP contribution in [-0.2, 0) is 6.54 Å². The number of hydrogen-bond donors (Lipinski definition) is 2. The highest BCUT2D eigenvalue weighted by atomic mass is 19.1. The van der Waals surface area contributed by atoms with Gasteiger partial charge in [0.25, 0.3) is 0 Å². The van der Waals surface area contributed by atoms with Crippen LogP contribution in [0.2, 0.25) is 0 Å². The standard InChI is InChI=1S/C14H13FN4O2/c15-10-3-1-9(2-4-10)12-13-14(17-7-16-12)19(8-18-13)5-11(21)6-20/h1-4,7-8,11,20-21H,5-6H2. The molecule has 108 valence electrons. The maximum atomic E-state index is 13.0. The second-order valence-electron chi connectivity index (χ2n) is 4.63. The first-order valence-corrected chi connectivity index (χ1v) is 6.39. The van der Waals surface area contributed by atoms with Gasteiger partial charge in [-0.05, 0) is 24.3 Å². The van der Waals surface area contributed by atoms with Gasteiger partial charge in [-0.15, -0.1) is 0 Å². The summed E-state index contributed by atoms with van der Waals surface area (Å²) < 4.78 is 14.6. The van der Waals surface area contributed by atoms with Crippen molar-refractivity contribution >= 4 is 11.2 Å². The Hall–Kier alpha value is -2.38. The highest BCUT2D eigenvalue weighted by Crippen LogP contribution is 2.24. The van der Waals surface area contributed by atoms with E-state index in [1.807, 2.05) is 0 Å². The van der Waals surface area contributed by atoms with Gasteiger partial charge in [-0.1, -0.05) is 0 Å². The second-order valence-corrected chi connectivity index (χ2v) is 4.63. The Labute approximate surface area is 119 Å². The zero-order valence-corrected chi connectivity index (χ0v) is 11.0. The zero-order valence-electron chi connectivity index (χ0n) is 11.0. The molecule has 0 aliphatic heterocycles. The molecule has 2 heterocycles. The van der Waals surface area contributed by atoms with Crippen molar-refractivity contribution in [3.8, 4) is 11.3 Å². The molecule has 2 aromatic heterocycles. The van der Waals surface area contributed by atoms with Crippen LogP contribution in [-0.4, -0.2) is 42.4 Å². The highest BCUT2D eigenvalue weighted by Gasteiger charge is 2.13. The van der Waals surface area contributed by atoms with E-state index in [-0.39, 0.29) is 19.0 Å². The van der Waals surface area contributed by atoms with E-state index >= 15 is 0 Å². The molecule has 0 saturated heterocycles. The van der Waals surface area contributed by atoms with Gasteiger partial charge in [-0.3, -0.25) is 0 Å². The summed E-state index contributed by atoms with van der Waals surface area (Å²) in [5.74, 6) is -0.319. The highest BCUT2D eigenvalue weighted by molar-refractivity contribution is 5.86. The first-order chi connectivity index (χ1) is 10.2. The molecule has 6 nitrogen and oxygen atoms in total. The number of aliphatic hydroxyl groups is 2. The van der Waals surface area contributed by atoms with Crippen molar-refractivity contribution in [1.29, 1.82) is 0 Å². The molecule has 0 spiro atoms. The van der Waals surface area contributed by atoms with Gasteiger partial charge < -0.3 is 14.8 Å². The van der Waals surface area contributed by atoms with Crippen molar-refractivity contribution in [2.24, 2.45) is 0 Å². The number of halogens is 1. The smallest absolute Gasteiger partial charge is 0.163 e. The average Bonchev–Trinajstić information content (AvgIpc) is 2.91. The predicted molar refractivity (Wildman–Crippen MR) is 73.8 cm³/mol. The monoisotopic (exact) mass is 288 g/mol. The molecule has 3 aromatic rings. The summed E-state index contributed by atoms with van der Waals surface area (Å²) in [5.41, 5.74) is 2.44. The SMILES string of the molecule is OCC(O)Cn1cnc2c(-c3ccc(F)cc3)ncnc21. The number of imidazole rings is 1. The van der Waals surface area contributed by atoms with Crippen LogP contribution in [0.5, 0.6) is 0 Å². The van der Waals surface area contributed by atoms with E-state index in [2.05, 4.69) is 15.0 Å². The molecule has 1 unspecified atom stereocenters. The van der Waals surface area contributed by atoms with Crippen LogP contribution >= 0.6 is 0 Å². The van der Waals surface area contributed by atoms with E-state index in [4.69, 9.17) is 5.11 Å². The quantitative estimate of drug-likeness (QED) is 0.748. The molecular formula is C14H13FN4O2. The second kappa shape index (κ2) is 5.55. The summed E-state index contributed by atoms with van der Waals surface area (Å²) in [4.78, 5) is 12.6. The third kappa shape index (κ3) is 2.61. The molecule has 7 heteroatoms. The van der Waals surface area contributed by atoms with E-state index in [9.17, 15) is 9.50 Å². The first-order valence-electron chi connectivity index (χ1n) is 6.39. The predicted octanol–water partition coefficient (Wildman–Crippen LogP) is 0.986. The molecule has 0 aliphatic carbocycles. The Morgan fingerprint density at radius 1 is 1.14 bits per heavy atom. The third-order valence-corrected chi connectivity index (χ3v) is 3.14. The van der Waals surface area contributed by atoms with Gasteiger partial charge in [0.2, 0.25) is 0 Å². The molecule has 2 N–H and O–H groups in total. The van der Waals surface area contributed by atoms with E-state index in [1.165, 1.54) is 24.8 Å². The van der Waals surface area contributed by atoms with Crippen LogP contribution in [0.25, 0.3) is 22.4 Å². The summed E-state index contributed by atoms with van der Waals surface area (Å²) in [7, 11) is 0. The van der Waals surface area contributed by atoms with Crippen LogP contribution in [0.1, 0.15) is 0 Å². The molecular weight excluding hydrogens is 275 g/mol. The maximum absolute atomic E-state index is 13.0. The average molecular weight is 288 g/mol. The van der Waals surface area contributed by atoms with Gasteiger partial charge in [-0.2, -0.15) is 0 Å². The van der Waals surface area contributed by atoms with Gasteiger partial charge in [0.05, 0.1) is 25.6 Å². The Bertz CT molecular complexity index is 757. The van der Waals surface area contributed by atoms with Crippen LogP contribution < -0.4 is 0 Å². The largest absolute Gasteiger partial charge is 0.394 e. The van der Waals surface area contributed by atoms with Gasteiger partial charge >= 0.3 is 0 Å². The molecule has 1 aromatic carbocycles. The fourth-order valence-corrected chi connectivity index (χ4v) is 2.12. The van der Waals surface area contributed by atoms with E-state index < -0.39 is 6.10 Å². The summed E-state index contributed by atoms with van der Waals surface area (Å²) in [5, 5.41) is 18.4. The number of aliphatic hydroxyl groups excluding tert-OH is 2. The van der Waals surface area contributed by atoms with Crippen molar-refractivity contribution in [3.05, 3.63) is 42.7 Å². The lowest BCUT2D eigenvalue weighted by molar-refractivity contribution is 0.0820. The minimum absolute atomic E-state index is 0.187. The van der Waals surface area contributed by atoms with E-state index in [1.54, 1.807) is 16.7 Å². The fourth-order valence-electron chi connectivity index (χ4n) is 2.12. The molecule has 0 radical (unpaired) electrons. The lowest BCUT2D eigenvalue weighted by atomic mass is 10.1. The molecule has 3 rings (SSSR count). The zero-order chi connectivity index (χ0) is 14.8. The summed E-state index contributed by atoms with van der Waals surface area (Å²) >= 11 is 0. The molecule has 0 amide bonds. The van der Waals surface area contributed by atoms with Crippen molar-refractivity contribution in [2.45, 2.75) is 12.6 Å². The number of benzene rings is 1. The Morgan fingerprint density at radius 3 is 2.62 bits per heavy atom. The molecule has 0 bridgehead atoms. The minimum Gasteiger partial charge on any atom is -0.394 e. The topological polar surface area (TPSA) is 84.1 Å². The van der Waals surface area contributed by atoms with Crippen molar-refractivity contribution in [1.82, 2.24) is 19.5 Å². The van der Waals surface area contributed by atoms with Crippen molar-refractivity contribution in [3.63, 3.8) is 0 Å². The Kier molecular flexibility index (Phi) is 3.59. The fraction of sp³-hybridized carbons (Fsp3) is 0.214. The van der Waals surface area contributed by atoms with Crippen molar-refractivity contribution < 1.29 is 14.6 Å². The summed E-state index contributed by atoms with van der Waals surface area (Å²) in [6.45, 7) is -0.150. The summed E-state index contributed by atoms with van der Waals surface area (Å²) in [6, 6.07) is 5.96.